The standard InChI is InChI=1S/C12H16FNO3/c1-9(15)8-14-12(16)6-7-17-11-5-3-2-4-10(11)13/h2-5,9,15H,6-8H2,1H3,(H,14,16). The number of carbonyl (C=O) groups is 1. The predicted molar refractivity (Wildman–Crippen MR) is 61.2 cm³/mol. The molecule has 0 saturated heterocycles. The molecule has 0 spiro atoms. The molecule has 0 aliphatic heterocycles. The maximum Gasteiger partial charge on any atom is 0.223 e. The van der Waals surface area contributed by atoms with E-state index in [-0.39, 0.29) is 31.2 Å². The number of nitrogens with one attached hydrogen (secondary N) is 1. The molecule has 17 heavy (non-hydrogen) atoms. The van der Waals surface area contributed by atoms with Gasteiger partial charge < -0.3 is 15.2 Å². The average molecular weight is 241 g/mol. The van der Waals surface area contributed by atoms with Gasteiger partial charge >= 0.3 is 0 Å². The third-order valence-corrected chi connectivity index (χ3v) is 2.02. The lowest BCUT2D eigenvalue weighted by molar-refractivity contribution is -0.122. The molecule has 0 aliphatic rings. The summed E-state index contributed by atoms with van der Waals surface area (Å²) in [5, 5.41) is 11.5. The Bertz CT molecular complexity index is 369. The molecule has 4 nitrogen and oxygen atoms in total. The molecular formula is C12H16FNO3. The van der Waals surface area contributed by atoms with E-state index in [2.05, 4.69) is 5.32 Å². The van der Waals surface area contributed by atoms with Crippen LogP contribution in [0.15, 0.2) is 24.3 Å². The van der Waals surface area contributed by atoms with Crippen LogP contribution in [0, 0.1) is 5.82 Å². The van der Waals surface area contributed by atoms with Gasteiger partial charge in [0.25, 0.3) is 0 Å². The van der Waals surface area contributed by atoms with Crippen molar-refractivity contribution in [3.05, 3.63) is 30.1 Å². The van der Waals surface area contributed by atoms with E-state index in [1.54, 1.807) is 19.1 Å². The second-order valence-corrected chi connectivity index (χ2v) is 3.68. The third-order valence-electron chi connectivity index (χ3n) is 2.02. The molecule has 0 bridgehead atoms. The number of ether oxygens (including phenoxy) is 1. The Balaban J connectivity index is 2.24. The van der Waals surface area contributed by atoms with Gasteiger partial charge in [-0.3, -0.25) is 4.79 Å². The van der Waals surface area contributed by atoms with Gasteiger partial charge in [-0.1, -0.05) is 12.1 Å². The molecule has 1 amide bonds. The van der Waals surface area contributed by atoms with Gasteiger partial charge in [0, 0.05) is 6.54 Å². The first-order chi connectivity index (χ1) is 8.09. The van der Waals surface area contributed by atoms with Crippen molar-refractivity contribution in [2.45, 2.75) is 19.4 Å². The van der Waals surface area contributed by atoms with Crippen LogP contribution in [-0.2, 0) is 4.79 Å². The molecule has 0 heterocycles. The lowest BCUT2D eigenvalue weighted by Gasteiger charge is -2.08. The molecule has 0 radical (unpaired) electrons. The third kappa shape index (κ3) is 5.31. The number of benzene rings is 1. The Labute approximate surface area is 99.4 Å². The van der Waals surface area contributed by atoms with E-state index in [4.69, 9.17) is 9.84 Å². The quantitative estimate of drug-likeness (QED) is 0.784. The summed E-state index contributed by atoms with van der Waals surface area (Å²) in [6, 6.07) is 6.02. The summed E-state index contributed by atoms with van der Waals surface area (Å²) in [6.45, 7) is 1.89. The predicted octanol–water partition coefficient (Wildman–Crippen LogP) is 1.09. The molecule has 1 rings (SSSR count). The second-order valence-electron chi connectivity index (χ2n) is 3.68. The number of aliphatic hydroxyl groups excluding tert-OH is 1. The molecule has 1 unspecified atom stereocenters. The van der Waals surface area contributed by atoms with Crippen LogP contribution in [-0.4, -0.2) is 30.3 Å². The van der Waals surface area contributed by atoms with Crippen molar-refractivity contribution in [2.24, 2.45) is 0 Å². The summed E-state index contributed by atoms with van der Waals surface area (Å²) >= 11 is 0. The Hall–Kier alpha value is -1.62. The van der Waals surface area contributed by atoms with Crippen molar-refractivity contribution in [2.75, 3.05) is 13.2 Å². The molecule has 1 aromatic carbocycles. The molecule has 2 N–H and O–H groups in total. The zero-order chi connectivity index (χ0) is 12.7. The smallest absolute Gasteiger partial charge is 0.223 e. The zero-order valence-electron chi connectivity index (χ0n) is 9.65. The fourth-order valence-corrected chi connectivity index (χ4v) is 1.17. The summed E-state index contributed by atoms with van der Waals surface area (Å²) in [5.41, 5.74) is 0. The van der Waals surface area contributed by atoms with Gasteiger partial charge in [0.2, 0.25) is 5.91 Å². The first kappa shape index (κ1) is 13.4. The average Bonchev–Trinajstić information content (AvgIpc) is 2.29. The Morgan fingerprint density at radius 1 is 1.53 bits per heavy atom. The van der Waals surface area contributed by atoms with Crippen molar-refractivity contribution in [3.63, 3.8) is 0 Å². The number of carbonyl (C=O) groups excluding carboxylic acids is 1. The Morgan fingerprint density at radius 2 is 2.24 bits per heavy atom. The number of aliphatic hydroxyl groups is 1. The number of rotatable bonds is 6. The minimum atomic E-state index is -0.577. The van der Waals surface area contributed by atoms with Gasteiger partial charge in [-0.15, -0.1) is 0 Å². The minimum Gasteiger partial charge on any atom is -0.490 e. The topological polar surface area (TPSA) is 58.6 Å². The van der Waals surface area contributed by atoms with E-state index in [1.807, 2.05) is 0 Å². The molecule has 5 heteroatoms. The number of halogens is 1. The Morgan fingerprint density at radius 3 is 2.88 bits per heavy atom. The van der Waals surface area contributed by atoms with E-state index in [0.29, 0.717) is 0 Å². The molecule has 94 valence electrons. The number of amides is 1. The monoisotopic (exact) mass is 241 g/mol. The first-order valence-corrected chi connectivity index (χ1v) is 5.41. The molecule has 0 saturated carbocycles. The molecule has 0 aliphatic carbocycles. The fraction of sp³-hybridized carbons (Fsp3) is 0.417. The SMILES string of the molecule is CC(O)CNC(=O)CCOc1ccccc1F. The largest absolute Gasteiger partial charge is 0.490 e. The lowest BCUT2D eigenvalue weighted by Crippen LogP contribution is -2.31. The van der Waals surface area contributed by atoms with Gasteiger partial charge in [0.15, 0.2) is 11.6 Å². The van der Waals surface area contributed by atoms with E-state index in [0.717, 1.165) is 0 Å². The molecule has 1 atom stereocenters. The van der Waals surface area contributed by atoms with E-state index >= 15 is 0 Å². The van der Waals surface area contributed by atoms with E-state index in [1.165, 1.54) is 12.1 Å². The maximum absolute atomic E-state index is 13.1. The normalized spacial score (nSPS) is 11.9. The van der Waals surface area contributed by atoms with Crippen molar-refractivity contribution < 1.29 is 19.0 Å². The van der Waals surface area contributed by atoms with E-state index < -0.39 is 11.9 Å². The van der Waals surface area contributed by atoms with Gasteiger partial charge in [0.1, 0.15) is 0 Å². The zero-order valence-corrected chi connectivity index (χ0v) is 9.65. The minimum absolute atomic E-state index is 0.104. The molecule has 0 aromatic heterocycles. The highest BCUT2D eigenvalue weighted by Crippen LogP contribution is 2.15. The van der Waals surface area contributed by atoms with Crippen LogP contribution < -0.4 is 10.1 Å². The van der Waals surface area contributed by atoms with Crippen molar-refractivity contribution >= 4 is 5.91 Å². The summed E-state index contributed by atoms with van der Waals surface area (Å²) < 4.78 is 18.2. The fourth-order valence-electron chi connectivity index (χ4n) is 1.17. The van der Waals surface area contributed by atoms with Crippen molar-refractivity contribution in [3.8, 4) is 5.75 Å². The van der Waals surface area contributed by atoms with Gasteiger partial charge in [-0.2, -0.15) is 0 Å². The summed E-state index contributed by atoms with van der Waals surface area (Å²) in [4.78, 5) is 11.2. The van der Waals surface area contributed by atoms with Gasteiger partial charge in [0.05, 0.1) is 19.1 Å². The highest BCUT2D eigenvalue weighted by atomic mass is 19.1. The van der Waals surface area contributed by atoms with Crippen LogP contribution >= 0.6 is 0 Å². The summed E-state index contributed by atoms with van der Waals surface area (Å²) in [5.74, 6) is -0.546. The van der Waals surface area contributed by atoms with Gasteiger partial charge in [-0.05, 0) is 19.1 Å². The number of hydrogen-bond donors (Lipinski definition) is 2. The van der Waals surface area contributed by atoms with Crippen LogP contribution in [0.25, 0.3) is 0 Å². The molecular weight excluding hydrogens is 225 g/mol. The Kier molecular flexibility index (Phi) is 5.42. The van der Waals surface area contributed by atoms with Crippen LogP contribution in [0.4, 0.5) is 4.39 Å². The second kappa shape index (κ2) is 6.85. The maximum atomic E-state index is 13.1. The summed E-state index contributed by atoms with van der Waals surface area (Å²) in [6.07, 6.45) is -0.451. The molecule has 1 aromatic rings. The highest BCUT2D eigenvalue weighted by Gasteiger charge is 2.05. The first-order valence-electron chi connectivity index (χ1n) is 5.41. The lowest BCUT2D eigenvalue weighted by atomic mass is 10.3. The highest BCUT2D eigenvalue weighted by molar-refractivity contribution is 5.75. The van der Waals surface area contributed by atoms with E-state index in [9.17, 15) is 9.18 Å². The van der Waals surface area contributed by atoms with Crippen LogP contribution in [0.1, 0.15) is 13.3 Å². The van der Waals surface area contributed by atoms with Crippen molar-refractivity contribution in [1.29, 1.82) is 0 Å². The van der Waals surface area contributed by atoms with Crippen molar-refractivity contribution in [1.82, 2.24) is 5.32 Å². The van der Waals surface area contributed by atoms with Crippen LogP contribution in [0.5, 0.6) is 5.75 Å². The van der Waals surface area contributed by atoms with Gasteiger partial charge in [-0.25, -0.2) is 4.39 Å². The van der Waals surface area contributed by atoms with Crippen LogP contribution in [0.2, 0.25) is 0 Å². The van der Waals surface area contributed by atoms with Crippen LogP contribution in [0.3, 0.4) is 0 Å². The number of para-hydroxylation sites is 1. The number of hydrogen-bond acceptors (Lipinski definition) is 3. The summed E-state index contributed by atoms with van der Waals surface area (Å²) in [7, 11) is 0. The molecule has 0 fully saturated rings.